The Kier molecular flexibility index (Phi) is 5.18. The van der Waals surface area contributed by atoms with E-state index in [1.54, 1.807) is 0 Å². The van der Waals surface area contributed by atoms with Crippen LogP contribution in [0.2, 0.25) is 0 Å². The minimum absolute atomic E-state index is 0.924. The van der Waals surface area contributed by atoms with E-state index in [0.717, 1.165) is 6.42 Å². The highest BCUT2D eigenvalue weighted by atomic mass is 13.9. The van der Waals surface area contributed by atoms with Crippen molar-refractivity contribution in [2.24, 2.45) is 0 Å². The first kappa shape index (κ1) is 9.96. The summed E-state index contributed by atoms with van der Waals surface area (Å²) in [6, 6.07) is 0. The Labute approximate surface area is 69.6 Å². The Morgan fingerprint density at radius 1 is 1.45 bits per heavy atom. The summed E-state index contributed by atoms with van der Waals surface area (Å²) in [5.41, 5.74) is 2.39. The highest BCUT2D eigenvalue weighted by Crippen LogP contribution is 2.09. The van der Waals surface area contributed by atoms with Crippen LogP contribution in [0.3, 0.4) is 0 Å². The highest BCUT2D eigenvalue weighted by Gasteiger charge is 1.89. The lowest BCUT2D eigenvalue weighted by molar-refractivity contribution is 1.16. The van der Waals surface area contributed by atoms with Gasteiger partial charge in [0.1, 0.15) is 0 Å². The first-order chi connectivity index (χ1) is 5.20. The summed E-state index contributed by atoms with van der Waals surface area (Å²) in [4.78, 5) is 0. The van der Waals surface area contributed by atoms with Crippen LogP contribution in [0.25, 0.3) is 0 Å². The molecule has 0 aromatic heterocycles. The topological polar surface area (TPSA) is 0 Å². The van der Waals surface area contributed by atoms with Crippen LogP contribution >= 0.6 is 0 Å². The second kappa shape index (κ2) is 5.72. The lowest BCUT2D eigenvalue weighted by atomic mass is 10.1. The molecule has 0 aromatic carbocycles. The molecule has 0 aromatic rings. The third kappa shape index (κ3) is 5.41. The minimum atomic E-state index is 0.924. The molecule has 0 saturated heterocycles. The SMILES string of the molecule is C=C/C(=C\C=C/C)CC(=C)C. The van der Waals surface area contributed by atoms with Crippen molar-refractivity contribution in [1.82, 2.24) is 0 Å². The van der Waals surface area contributed by atoms with Crippen LogP contribution in [0.5, 0.6) is 0 Å². The van der Waals surface area contributed by atoms with Crippen LogP contribution in [-0.4, -0.2) is 0 Å². The van der Waals surface area contributed by atoms with Crippen molar-refractivity contribution < 1.29 is 0 Å². The molecule has 60 valence electrons. The molecule has 0 saturated carbocycles. The molecule has 0 spiro atoms. The van der Waals surface area contributed by atoms with E-state index in [2.05, 4.69) is 19.2 Å². The third-order valence-electron chi connectivity index (χ3n) is 1.27. The fraction of sp³-hybridized carbons (Fsp3) is 0.273. The molecule has 0 aliphatic rings. The van der Waals surface area contributed by atoms with Gasteiger partial charge in [0.25, 0.3) is 0 Å². The average molecular weight is 148 g/mol. The van der Waals surface area contributed by atoms with E-state index in [0.29, 0.717) is 0 Å². The summed E-state index contributed by atoms with van der Waals surface area (Å²) in [5, 5.41) is 0. The lowest BCUT2D eigenvalue weighted by Gasteiger charge is -1.98. The fourth-order valence-corrected chi connectivity index (χ4v) is 0.767. The van der Waals surface area contributed by atoms with Crippen molar-refractivity contribution in [2.75, 3.05) is 0 Å². The molecule has 0 aliphatic carbocycles. The smallest absolute Gasteiger partial charge is 0.00728 e. The van der Waals surface area contributed by atoms with E-state index in [9.17, 15) is 0 Å². The fourth-order valence-electron chi connectivity index (χ4n) is 0.767. The van der Waals surface area contributed by atoms with E-state index >= 15 is 0 Å². The van der Waals surface area contributed by atoms with Crippen molar-refractivity contribution >= 4 is 0 Å². The van der Waals surface area contributed by atoms with Gasteiger partial charge in [-0.1, -0.05) is 43.0 Å². The van der Waals surface area contributed by atoms with E-state index in [-0.39, 0.29) is 0 Å². The Morgan fingerprint density at radius 3 is 2.45 bits per heavy atom. The molecular weight excluding hydrogens is 132 g/mol. The molecule has 0 heteroatoms. The Hall–Kier alpha value is -1.04. The second-order valence-electron chi connectivity index (χ2n) is 2.61. The van der Waals surface area contributed by atoms with E-state index in [1.165, 1.54) is 11.1 Å². The van der Waals surface area contributed by atoms with Gasteiger partial charge in [-0.15, -0.1) is 0 Å². The van der Waals surface area contributed by atoms with E-state index in [4.69, 9.17) is 0 Å². The zero-order valence-corrected chi connectivity index (χ0v) is 7.43. The van der Waals surface area contributed by atoms with Gasteiger partial charge in [-0.25, -0.2) is 0 Å². The Balaban J connectivity index is 4.15. The predicted molar refractivity (Wildman–Crippen MR) is 52.5 cm³/mol. The maximum atomic E-state index is 3.84. The molecule has 0 rings (SSSR count). The Morgan fingerprint density at radius 2 is 2.09 bits per heavy atom. The summed E-state index contributed by atoms with van der Waals surface area (Å²) in [6.45, 7) is 11.6. The first-order valence-corrected chi connectivity index (χ1v) is 3.79. The van der Waals surface area contributed by atoms with Gasteiger partial charge in [-0.3, -0.25) is 0 Å². The van der Waals surface area contributed by atoms with Gasteiger partial charge < -0.3 is 0 Å². The largest absolute Gasteiger partial charge is 0.0998 e. The average Bonchev–Trinajstić information content (AvgIpc) is 1.97. The maximum Gasteiger partial charge on any atom is -0.00728 e. The van der Waals surface area contributed by atoms with Gasteiger partial charge in [0, 0.05) is 0 Å². The number of hydrogen-bond donors (Lipinski definition) is 0. The van der Waals surface area contributed by atoms with Crippen LogP contribution in [0.15, 0.2) is 48.6 Å². The van der Waals surface area contributed by atoms with Crippen LogP contribution in [0.4, 0.5) is 0 Å². The zero-order valence-electron chi connectivity index (χ0n) is 7.43. The lowest BCUT2D eigenvalue weighted by Crippen LogP contribution is -1.78. The summed E-state index contributed by atoms with van der Waals surface area (Å²) in [6.07, 6.45) is 8.87. The standard InChI is InChI=1S/C11H16/c1-5-7-8-11(6-2)9-10(3)4/h5-8H,2-3,9H2,1,4H3/b7-5-,11-8+. The summed E-state index contributed by atoms with van der Waals surface area (Å²) >= 11 is 0. The first-order valence-electron chi connectivity index (χ1n) is 3.79. The van der Waals surface area contributed by atoms with Gasteiger partial charge in [-0.2, -0.15) is 0 Å². The van der Waals surface area contributed by atoms with Crippen LogP contribution in [0.1, 0.15) is 20.3 Å². The van der Waals surface area contributed by atoms with E-state index in [1.807, 2.05) is 32.1 Å². The highest BCUT2D eigenvalue weighted by molar-refractivity contribution is 5.25. The number of allylic oxidation sites excluding steroid dienone is 6. The molecule has 0 fully saturated rings. The van der Waals surface area contributed by atoms with Crippen molar-refractivity contribution in [3.05, 3.63) is 48.6 Å². The molecule has 0 radical (unpaired) electrons. The summed E-state index contributed by atoms with van der Waals surface area (Å²) in [5.74, 6) is 0. The van der Waals surface area contributed by atoms with Crippen molar-refractivity contribution in [3.8, 4) is 0 Å². The molecule has 0 N–H and O–H groups in total. The molecule has 0 heterocycles. The van der Waals surface area contributed by atoms with Crippen molar-refractivity contribution in [1.29, 1.82) is 0 Å². The molecule has 0 unspecified atom stereocenters. The molecule has 0 aliphatic heterocycles. The molecule has 11 heavy (non-hydrogen) atoms. The van der Waals surface area contributed by atoms with Gasteiger partial charge in [-0.05, 0) is 25.8 Å². The van der Waals surface area contributed by atoms with Gasteiger partial charge in [0.2, 0.25) is 0 Å². The summed E-state index contributed by atoms with van der Waals surface area (Å²) < 4.78 is 0. The van der Waals surface area contributed by atoms with Crippen molar-refractivity contribution in [3.63, 3.8) is 0 Å². The van der Waals surface area contributed by atoms with Gasteiger partial charge >= 0.3 is 0 Å². The molecule has 0 atom stereocenters. The monoisotopic (exact) mass is 148 g/mol. The summed E-state index contributed by atoms with van der Waals surface area (Å²) in [7, 11) is 0. The third-order valence-corrected chi connectivity index (χ3v) is 1.27. The number of rotatable bonds is 4. The van der Waals surface area contributed by atoms with Gasteiger partial charge in [0.05, 0.1) is 0 Å². The van der Waals surface area contributed by atoms with Crippen molar-refractivity contribution in [2.45, 2.75) is 20.3 Å². The molecule has 0 amide bonds. The quantitative estimate of drug-likeness (QED) is 0.422. The zero-order chi connectivity index (χ0) is 8.69. The molecular formula is C11H16. The number of hydrogen-bond acceptors (Lipinski definition) is 0. The second-order valence-corrected chi connectivity index (χ2v) is 2.61. The predicted octanol–water partition coefficient (Wildman–Crippen LogP) is 3.64. The van der Waals surface area contributed by atoms with Crippen LogP contribution < -0.4 is 0 Å². The Bertz CT molecular complexity index is 192. The van der Waals surface area contributed by atoms with Gasteiger partial charge in [0.15, 0.2) is 0 Å². The van der Waals surface area contributed by atoms with Crippen LogP contribution in [-0.2, 0) is 0 Å². The van der Waals surface area contributed by atoms with Crippen LogP contribution in [0, 0.1) is 0 Å². The van der Waals surface area contributed by atoms with E-state index < -0.39 is 0 Å². The molecule has 0 bridgehead atoms. The maximum absolute atomic E-state index is 3.84. The molecule has 0 nitrogen and oxygen atoms in total. The minimum Gasteiger partial charge on any atom is -0.0998 e. The normalized spacial score (nSPS) is 12.0.